The van der Waals surface area contributed by atoms with E-state index in [0.717, 1.165) is 5.69 Å². The van der Waals surface area contributed by atoms with Gasteiger partial charge in [0.05, 0.1) is 37.4 Å². The first kappa shape index (κ1) is 14.7. The van der Waals surface area contributed by atoms with Gasteiger partial charge in [-0.15, -0.1) is 0 Å². The molecular formula is C15H15N5O3. The van der Waals surface area contributed by atoms with Crippen LogP contribution < -0.4 is 15.0 Å². The van der Waals surface area contributed by atoms with Crippen molar-refractivity contribution in [2.24, 2.45) is 0 Å². The highest BCUT2D eigenvalue weighted by Gasteiger charge is 2.28. The molecule has 8 nitrogen and oxygen atoms in total. The second kappa shape index (κ2) is 6.27. The molecule has 0 fully saturated rings. The number of amides is 1. The number of fused-ring (bicyclic) bond motifs is 1. The van der Waals surface area contributed by atoms with Gasteiger partial charge >= 0.3 is 6.09 Å². The summed E-state index contributed by atoms with van der Waals surface area (Å²) in [5.41, 5.74) is 1.91. The van der Waals surface area contributed by atoms with Crippen molar-refractivity contribution in [2.45, 2.75) is 6.04 Å². The summed E-state index contributed by atoms with van der Waals surface area (Å²) >= 11 is 0. The Bertz CT molecular complexity index is 738. The van der Waals surface area contributed by atoms with E-state index in [1.165, 1.54) is 13.4 Å². The molecule has 2 heterocycles. The van der Waals surface area contributed by atoms with Crippen LogP contribution in [0.4, 0.5) is 16.2 Å². The summed E-state index contributed by atoms with van der Waals surface area (Å²) in [4.78, 5) is 20.3. The molecule has 0 radical (unpaired) electrons. The lowest BCUT2D eigenvalue weighted by Crippen LogP contribution is -2.35. The Morgan fingerprint density at radius 1 is 1.61 bits per heavy atom. The second-order valence-corrected chi connectivity index (χ2v) is 4.87. The van der Waals surface area contributed by atoms with Crippen molar-refractivity contribution in [1.82, 2.24) is 9.97 Å². The lowest BCUT2D eigenvalue weighted by molar-refractivity contribution is 0.187. The van der Waals surface area contributed by atoms with Crippen LogP contribution in [0.5, 0.6) is 5.75 Å². The smallest absolute Gasteiger partial charge is 0.411 e. The van der Waals surface area contributed by atoms with Gasteiger partial charge in [0.15, 0.2) is 6.04 Å². The minimum Gasteiger partial charge on any atom is -0.490 e. The summed E-state index contributed by atoms with van der Waals surface area (Å²) in [5, 5.41) is 12.2. The number of aromatic nitrogens is 2. The third-order valence-corrected chi connectivity index (χ3v) is 3.52. The summed E-state index contributed by atoms with van der Waals surface area (Å²) in [6.07, 6.45) is 2.67. The number of nitriles is 1. The fourth-order valence-electron chi connectivity index (χ4n) is 2.47. The highest BCUT2D eigenvalue weighted by molar-refractivity contribution is 5.86. The van der Waals surface area contributed by atoms with Crippen LogP contribution in [-0.2, 0) is 4.74 Å². The molecule has 0 spiro atoms. The number of benzene rings is 1. The van der Waals surface area contributed by atoms with Crippen LogP contribution in [-0.4, -0.2) is 36.3 Å². The number of rotatable bonds is 3. The van der Waals surface area contributed by atoms with E-state index < -0.39 is 12.1 Å². The molecule has 23 heavy (non-hydrogen) atoms. The number of imidazole rings is 1. The Morgan fingerprint density at radius 2 is 2.48 bits per heavy atom. The number of anilines is 2. The third-order valence-electron chi connectivity index (χ3n) is 3.52. The van der Waals surface area contributed by atoms with E-state index in [-0.39, 0.29) is 0 Å². The van der Waals surface area contributed by atoms with E-state index in [0.29, 0.717) is 30.3 Å². The van der Waals surface area contributed by atoms with Gasteiger partial charge in [-0.25, -0.2) is 9.78 Å². The molecule has 1 aromatic heterocycles. The van der Waals surface area contributed by atoms with Crippen molar-refractivity contribution < 1.29 is 14.3 Å². The van der Waals surface area contributed by atoms with Gasteiger partial charge in [0.25, 0.3) is 0 Å². The van der Waals surface area contributed by atoms with Gasteiger partial charge in [-0.2, -0.15) is 5.26 Å². The van der Waals surface area contributed by atoms with Crippen molar-refractivity contribution in [3.05, 3.63) is 36.4 Å². The van der Waals surface area contributed by atoms with E-state index in [9.17, 15) is 10.1 Å². The average molecular weight is 313 g/mol. The molecule has 3 rings (SSSR count). The normalized spacial score (nSPS) is 14.2. The van der Waals surface area contributed by atoms with Crippen LogP contribution in [0.25, 0.3) is 0 Å². The number of methoxy groups -OCH3 is 1. The molecule has 118 valence electrons. The van der Waals surface area contributed by atoms with Gasteiger partial charge in [0.1, 0.15) is 12.4 Å². The van der Waals surface area contributed by atoms with E-state index >= 15 is 0 Å². The van der Waals surface area contributed by atoms with Crippen LogP contribution in [0.2, 0.25) is 0 Å². The number of nitrogens with zero attached hydrogens (tertiary/aromatic N) is 3. The molecule has 0 saturated carbocycles. The Kier molecular flexibility index (Phi) is 4.01. The molecule has 1 atom stereocenters. The van der Waals surface area contributed by atoms with Gasteiger partial charge in [-0.05, 0) is 18.2 Å². The first-order chi connectivity index (χ1) is 11.2. The van der Waals surface area contributed by atoms with E-state index in [4.69, 9.17) is 4.74 Å². The zero-order valence-electron chi connectivity index (χ0n) is 12.4. The van der Waals surface area contributed by atoms with Crippen LogP contribution >= 0.6 is 0 Å². The van der Waals surface area contributed by atoms with Gasteiger partial charge in [0, 0.05) is 11.9 Å². The zero-order valence-corrected chi connectivity index (χ0v) is 12.4. The summed E-state index contributed by atoms with van der Waals surface area (Å²) in [6.45, 7) is 1.01. The maximum Gasteiger partial charge on any atom is 0.411 e. The first-order valence-corrected chi connectivity index (χ1v) is 6.99. The molecule has 1 aliphatic heterocycles. The van der Waals surface area contributed by atoms with Gasteiger partial charge < -0.3 is 19.4 Å². The van der Waals surface area contributed by atoms with Crippen LogP contribution in [0, 0.1) is 11.3 Å². The summed E-state index contributed by atoms with van der Waals surface area (Å²) in [6, 6.07) is 6.94. The number of H-pyrrole nitrogens is 1. The number of nitrogens with one attached hydrogen (secondary N) is 2. The third kappa shape index (κ3) is 2.89. The summed E-state index contributed by atoms with van der Waals surface area (Å²) < 4.78 is 10.2. The van der Waals surface area contributed by atoms with Crippen LogP contribution in [0.15, 0.2) is 30.7 Å². The Morgan fingerprint density at radius 3 is 3.17 bits per heavy atom. The Hall–Kier alpha value is -3.21. The predicted octanol–water partition coefficient (Wildman–Crippen LogP) is 2.05. The molecule has 8 heteroatoms. The number of carbonyl (C=O) groups is 1. The summed E-state index contributed by atoms with van der Waals surface area (Å²) in [7, 11) is 1.30. The molecule has 2 aromatic rings. The maximum atomic E-state index is 11.4. The molecular weight excluding hydrogens is 298 g/mol. The topological polar surface area (TPSA) is 103 Å². The van der Waals surface area contributed by atoms with Crippen LogP contribution in [0.1, 0.15) is 11.7 Å². The molecule has 1 aliphatic rings. The van der Waals surface area contributed by atoms with Gasteiger partial charge in [0.2, 0.25) is 0 Å². The highest BCUT2D eigenvalue weighted by Crippen LogP contribution is 2.38. The van der Waals surface area contributed by atoms with Crippen molar-refractivity contribution in [2.75, 3.05) is 30.5 Å². The highest BCUT2D eigenvalue weighted by atomic mass is 16.5. The number of hydrogen-bond acceptors (Lipinski definition) is 6. The largest absolute Gasteiger partial charge is 0.490 e. The number of hydrogen-bond donors (Lipinski definition) is 2. The minimum absolute atomic E-state index is 0.472. The molecule has 1 aromatic carbocycles. The Labute approximate surface area is 132 Å². The minimum atomic E-state index is -0.558. The lowest BCUT2D eigenvalue weighted by atomic mass is 10.1. The average Bonchev–Trinajstić information content (AvgIpc) is 3.10. The molecule has 0 bridgehead atoms. The predicted molar refractivity (Wildman–Crippen MR) is 82.3 cm³/mol. The van der Waals surface area contributed by atoms with Crippen molar-refractivity contribution in [3.63, 3.8) is 0 Å². The second-order valence-electron chi connectivity index (χ2n) is 4.87. The molecule has 2 N–H and O–H groups in total. The first-order valence-electron chi connectivity index (χ1n) is 6.99. The fraction of sp³-hybridized carbons (Fsp3) is 0.267. The van der Waals surface area contributed by atoms with Crippen molar-refractivity contribution in [3.8, 4) is 11.8 Å². The molecule has 1 unspecified atom stereocenters. The monoisotopic (exact) mass is 313 g/mol. The zero-order chi connectivity index (χ0) is 16.2. The molecule has 0 aliphatic carbocycles. The molecule has 0 saturated heterocycles. The lowest BCUT2D eigenvalue weighted by Gasteiger charge is -2.34. The Balaban J connectivity index is 1.95. The number of ether oxygens (including phenoxy) is 2. The van der Waals surface area contributed by atoms with E-state index in [2.05, 4.69) is 26.1 Å². The molecule has 1 amide bonds. The van der Waals surface area contributed by atoms with E-state index in [1.807, 2.05) is 4.90 Å². The van der Waals surface area contributed by atoms with Gasteiger partial charge in [-0.3, -0.25) is 5.32 Å². The van der Waals surface area contributed by atoms with Crippen LogP contribution in [0.3, 0.4) is 0 Å². The fourth-order valence-corrected chi connectivity index (χ4v) is 2.47. The van der Waals surface area contributed by atoms with Crippen molar-refractivity contribution in [1.29, 1.82) is 5.26 Å². The van der Waals surface area contributed by atoms with Crippen molar-refractivity contribution >= 4 is 17.5 Å². The SMILES string of the molecule is COC(=O)Nc1ccc2c(c1)N(C(C#N)c1c[nH]cn1)CCO2. The maximum absolute atomic E-state index is 11.4. The number of carbonyl (C=O) groups excluding carboxylic acids is 1. The standard InChI is InChI=1S/C15H15N5O3/c1-22-15(21)19-10-2-3-14-12(6-10)20(4-5-23-14)13(7-16)11-8-17-9-18-11/h2-3,6,8-9,13H,4-5H2,1H3,(H,17,18)(H,19,21). The van der Waals surface area contributed by atoms with Gasteiger partial charge in [-0.1, -0.05) is 0 Å². The quantitative estimate of drug-likeness (QED) is 0.899. The number of aromatic amines is 1. The van der Waals surface area contributed by atoms with E-state index in [1.54, 1.807) is 24.4 Å². The summed E-state index contributed by atoms with van der Waals surface area (Å²) in [5.74, 6) is 0.655.